The Kier molecular flexibility index (Phi) is 5.47. The third-order valence-electron chi connectivity index (χ3n) is 3.21. The van der Waals surface area contributed by atoms with E-state index in [1.165, 1.54) is 15.6 Å². The second kappa shape index (κ2) is 6.07. The Morgan fingerprint density at radius 3 is 2.67 bits per heavy atom. The molecule has 102 valence electrons. The molecule has 0 spiro atoms. The summed E-state index contributed by atoms with van der Waals surface area (Å²) in [7, 11) is 2.16. The van der Waals surface area contributed by atoms with E-state index in [4.69, 9.17) is 17.2 Å². The third-order valence-corrected chi connectivity index (χ3v) is 4.66. The van der Waals surface area contributed by atoms with Crippen molar-refractivity contribution in [2.45, 2.75) is 38.5 Å². The molecule has 0 saturated carbocycles. The van der Waals surface area contributed by atoms with Gasteiger partial charge in [0.2, 0.25) is 0 Å². The van der Waals surface area contributed by atoms with Crippen molar-refractivity contribution < 1.29 is 0 Å². The Balaban J connectivity index is 0.00000162. The minimum Gasteiger partial charge on any atom is -0.305 e. The van der Waals surface area contributed by atoms with Gasteiger partial charge in [0, 0.05) is 28.7 Å². The van der Waals surface area contributed by atoms with Gasteiger partial charge in [-0.3, -0.25) is 0 Å². The second-order valence-corrected chi connectivity index (χ2v) is 7.27. The minimum atomic E-state index is 0. The van der Waals surface area contributed by atoms with Crippen molar-refractivity contribution >= 4 is 45.4 Å². The molecule has 0 N–H and O–H groups in total. The van der Waals surface area contributed by atoms with Crippen molar-refractivity contribution in [3.8, 4) is 0 Å². The van der Waals surface area contributed by atoms with Gasteiger partial charge in [-0.1, -0.05) is 33.0 Å². The van der Waals surface area contributed by atoms with Crippen LogP contribution in [0.3, 0.4) is 0 Å². The summed E-state index contributed by atoms with van der Waals surface area (Å²) in [4.78, 5) is 8.32. The molecule has 5 heteroatoms. The number of piperidine rings is 1. The zero-order valence-electron chi connectivity index (χ0n) is 11.4. The summed E-state index contributed by atoms with van der Waals surface area (Å²) >= 11 is 7.27. The number of likely N-dealkylation sites (N-methyl/N-ethyl adjacent to an activating group) is 1. The lowest BCUT2D eigenvalue weighted by atomic mass is 9.93. The lowest BCUT2D eigenvalue weighted by Gasteiger charge is -2.29. The Bertz CT molecular complexity index is 423. The van der Waals surface area contributed by atoms with Crippen LogP contribution in [0.4, 0.5) is 0 Å². The maximum Gasteiger partial charge on any atom is 0.102 e. The van der Waals surface area contributed by atoms with E-state index in [0.717, 1.165) is 19.5 Å². The first-order valence-electron chi connectivity index (χ1n) is 6.05. The average molecular weight is 349 g/mol. The van der Waals surface area contributed by atoms with Gasteiger partial charge in [-0.15, -0.1) is 28.3 Å². The van der Waals surface area contributed by atoms with Gasteiger partial charge in [-0.05, 0) is 13.5 Å². The number of aromatic nitrogens is 1. The van der Waals surface area contributed by atoms with Crippen molar-refractivity contribution in [2.75, 3.05) is 20.1 Å². The van der Waals surface area contributed by atoms with E-state index in [1.54, 1.807) is 11.3 Å². The molecule has 1 aromatic rings. The molecule has 0 amide bonds. The summed E-state index contributed by atoms with van der Waals surface area (Å²) in [6.07, 6.45) is 1.03. The zero-order valence-corrected chi connectivity index (χ0v) is 14.7. The molecule has 1 atom stereocenters. The first-order valence-corrected chi connectivity index (χ1v) is 7.34. The quantitative estimate of drug-likeness (QED) is 0.718. The SMILES string of the molecule is Br.CN1CCC(=S)C(c2nc(C(C)(C)C)cs2)C1. The van der Waals surface area contributed by atoms with Crippen LogP contribution < -0.4 is 0 Å². The Hall–Kier alpha value is 0.160. The maximum atomic E-state index is 5.50. The summed E-state index contributed by atoms with van der Waals surface area (Å²) in [6, 6.07) is 0. The van der Waals surface area contributed by atoms with Crippen LogP contribution in [0.2, 0.25) is 0 Å². The van der Waals surface area contributed by atoms with E-state index in [2.05, 4.69) is 38.1 Å². The van der Waals surface area contributed by atoms with Gasteiger partial charge in [0.15, 0.2) is 0 Å². The van der Waals surface area contributed by atoms with E-state index in [9.17, 15) is 0 Å². The highest BCUT2D eigenvalue weighted by Gasteiger charge is 2.27. The molecule has 1 aliphatic rings. The van der Waals surface area contributed by atoms with Gasteiger partial charge in [0.25, 0.3) is 0 Å². The van der Waals surface area contributed by atoms with Gasteiger partial charge in [0.1, 0.15) is 5.01 Å². The molecule has 1 aromatic heterocycles. The fraction of sp³-hybridized carbons (Fsp3) is 0.692. The predicted molar refractivity (Wildman–Crippen MR) is 88.6 cm³/mol. The highest BCUT2D eigenvalue weighted by molar-refractivity contribution is 8.93. The number of halogens is 1. The molecule has 1 saturated heterocycles. The van der Waals surface area contributed by atoms with Crippen LogP contribution in [-0.4, -0.2) is 34.9 Å². The molecule has 1 aliphatic heterocycles. The fourth-order valence-corrected chi connectivity index (χ4v) is 3.51. The van der Waals surface area contributed by atoms with Crippen LogP contribution in [0.5, 0.6) is 0 Å². The molecule has 0 bridgehead atoms. The molecule has 18 heavy (non-hydrogen) atoms. The summed E-state index contributed by atoms with van der Waals surface area (Å²) < 4.78 is 0. The molecule has 0 radical (unpaired) electrons. The smallest absolute Gasteiger partial charge is 0.102 e. The van der Waals surface area contributed by atoms with Gasteiger partial charge in [-0.25, -0.2) is 4.98 Å². The van der Waals surface area contributed by atoms with E-state index in [-0.39, 0.29) is 22.4 Å². The lowest BCUT2D eigenvalue weighted by Crippen LogP contribution is -2.36. The van der Waals surface area contributed by atoms with Crippen LogP contribution in [0.15, 0.2) is 5.38 Å². The molecule has 1 fully saturated rings. The van der Waals surface area contributed by atoms with Crippen molar-refractivity contribution in [1.82, 2.24) is 9.88 Å². The predicted octanol–water partition coefficient (Wildman–Crippen LogP) is 3.81. The average Bonchev–Trinajstić information content (AvgIpc) is 2.70. The Morgan fingerprint density at radius 2 is 2.11 bits per heavy atom. The van der Waals surface area contributed by atoms with Crippen LogP contribution in [0.25, 0.3) is 0 Å². The van der Waals surface area contributed by atoms with Crippen LogP contribution in [0, 0.1) is 0 Å². The monoisotopic (exact) mass is 348 g/mol. The number of rotatable bonds is 1. The standard InChI is InChI=1S/C13H20N2S2.BrH/c1-13(2,3)11-8-17-12(14-11)9-7-15(4)6-5-10(9)16;/h8-9H,5-7H2,1-4H3;1H. The van der Waals surface area contributed by atoms with Gasteiger partial charge < -0.3 is 4.90 Å². The number of hydrogen-bond acceptors (Lipinski definition) is 4. The van der Waals surface area contributed by atoms with E-state index in [1.807, 2.05) is 0 Å². The summed E-state index contributed by atoms with van der Waals surface area (Å²) in [6.45, 7) is 8.73. The van der Waals surface area contributed by atoms with Crippen LogP contribution in [-0.2, 0) is 5.41 Å². The molecular weight excluding hydrogens is 328 g/mol. The highest BCUT2D eigenvalue weighted by Crippen LogP contribution is 2.31. The van der Waals surface area contributed by atoms with Crippen LogP contribution >= 0.6 is 40.5 Å². The molecule has 2 heterocycles. The highest BCUT2D eigenvalue weighted by atomic mass is 79.9. The molecule has 0 aliphatic carbocycles. The number of thiocarbonyl (C=S) groups is 1. The van der Waals surface area contributed by atoms with E-state index < -0.39 is 0 Å². The van der Waals surface area contributed by atoms with Gasteiger partial charge in [-0.2, -0.15) is 0 Å². The van der Waals surface area contributed by atoms with Crippen molar-refractivity contribution in [1.29, 1.82) is 0 Å². The van der Waals surface area contributed by atoms with Gasteiger partial charge >= 0.3 is 0 Å². The first kappa shape index (κ1) is 16.2. The lowest BCUT2D eigenvalue weighted by molar-refractivity contribution is 0.320. The van der Waals surface area contributed by atoms with Crippen molar-refractivity contribution in [3.05, 3.63) is 16.1 Å². The molecular formula is C13H21BrN2S2. The largest absolute Gasteiger partial charge is 0.305 e. The molecule has 0 aromatic carbocycles. The number of nitrogens with zero attached hydrogens (tertiary/aromatic N) is 2. The van der Waals surface area contributed by atoms with Crippen molar-refractivity contribution in [3.63, 3.8) is 0 Å². The summed E-state index contributed by atoms with van der Waals surface area (Å²) in [5.74, 6) is 0.366. The topological polar surface area (TPSA) is 16.1 Å². The van der Waals surface area contributed by atoms with E-state index >= 15 is 0 Å². The number of thiazole rings is 1. The van der Waals surface area contributed by atoms with Crippen molar-refractivity contribution in [2.24, 2.45) is 0 Å². The number of likely N-dealkylation sites (tertiary alicyclic amines) is 1. The Morgan fingerprint density at radius 1 is 1.44 bits per heavy atom. The van der Waals surface area contributed by atoms with Gasteiger partial charge in [0.05, 0.1) is 11.6 Å². The first-order chi connectivity index (χ1) is 7.88. The summed E-state index contributed by atoms with van der Waals surface area (Å²) in [5, 5.41) is 3.39. The molecule has 2 nitrogen and oxygen atoms in total. The fourth-order valence-electron chi connectivity index (χ4n) is 1.99. The maximum absolute atomic E-state index is 5.50. The summed E-state index contributed by atoms with van der Waals surface area (Å²) in [5.41, 5.74) is 1.32. The normalized spacial score (nSPS) is 21.8. The molecule has 2 rings (SSSR count). The zero-order chi connectivity index (χ0) is 12.6. The second-order valence-electron chi connectivity index (χ2n) is 5.85. The van der Waals surface area contributed by atoms with Crippen LogP contribution in [0.1, 0.15) is 43.8 Å². The van der Waals surface area contributed by atoms with E-state index in [0.29, 0.717) is 5.92 Å². The number of hydrogen-bond donors (Lipinski definition) is 0. The molecule has 1 unspecified atom stereocenters. The minimum absolute atomic E-state index is 0. The Labute approximate surface area is 130 Å². The third kappa shape index (κ3) is 3.59.